The second-order valence-corrected chi connectivity index (χ2v) is 20.1. The lowest BCUT2D eigenvalue weighted by atomic mass is 9.94. The summed E-state index contributed by atoms with van der Waals surface area (Å²) in [7, 11) is 0. The average molecular weight is 1010 g/mol. The topological polar surface area (TPSA) is 19.6 Å². The van der Waals surface area contributed by atoms with Crippen LogP contribution in [0.5, 0.6) is 0 Å². The quantitative estimate of drug-likeness (QED) is 0.122. The number of hydrogen-bond donors (Lipinski definition) is 0. The summed E-state index contributed by atoms with van der Waals surface area (Å²) in [5.41, 5.74) is 21.9. The van der Waals surface area contributed by atoms with Gasteiger partial charge < -0.3 is 14.2 Å². The largest absolute Gasteiger partial charge is 0.456 e. The van der Waals surface area contributed by atoms with Gasteiger partial charge in [0.25, 0.3) is 0 Å². The maximum Gasteiger partial charge on any atom is 0.136 e. The molecule has 0 saturated carbocycles. The third kappa shape index (κ3) is 9.10. The minimum atomic E-state index is 0.882. The molecule has 14 rings (SSSR count). The molecule has 0 aliphatic carbocycles. The van der Waals surface area contributed by atoms with Crippen molar-refractivity contribution in [3.8, 4) is 66.8 Å². The van der Waals surface area contributed by atoms with Crippen molar-refractivity contribution >= 4 is 66.8 Å². The maximum atomic E-state index is 6.52. The summed E-state index contributed by atoms with van der Waals surface area (Å²) in [6.07, 6.45) is 0. The van der Waals surface area contributed by atoms with Crippen LogP contribution >= 0.6 is 0 Å². The zero-order valence-electron chi connectivity index (χ0n) is 43.3. The van der Waals surface area contributed by atoms with E-state index >= 15 is 0 Å². The highest BCUT2D eigenvalue weighted by Crippen LogP contribution is 2.46. The molecule has 0 N–H and O–H groups in total. The Bertz CT molecular complexity index is 4490. The highest BCUT2D eigenvalue weighted by Gasteiger charge is 2.22. The second kappa shape index (κ2) is 20.6. The summed E-state index contributed by atoms with van der Waals surface area (Å²) in [5, 5.41) is 4.64. The normalized spacial score (nSPS) is 11.3. The molecule has 0 aliphatic rings. The lowest BCUT2D eigenvalue weighted by Crippen LogP contribution is -2.12. The Morgan fingerprint density at radius 1 is 0.203 bits per heavy atom. The summed E-state index contributed by atoms with van der Waals surface area (Å²) < 4.78 is 6.52. The highest BCUT2D eigenvalue weighted by molar-refractivity contribution is 6.11. The summed E-state index contributed by atoms with van der Waals surface area (Å²) in [4.78, 5) is 4.82. The molecule has 0 unspecified atom stereocenters. The first-order chi connectivity index (χ1) is 39.2. The Hall–Kier alpha value is -10.5. The van der Waals surface area contributed by atoms with Gasteiger partial charge in [-0.05, 0) is 151 Å². The molecule has 1 aromatic heterocycles. The van der Waals surface area contributed by atoms with E-state index in [4.69, 9.17) is 4.42 Å². The molecule has 0 bridgehead atoms. The molecule has 0 radical (unpaired) electrons. The van der Waals surface area contributed by atoms with E-state index in [0.717, 1.165) is 106 Å². The van der Waals surface area contributed by atoms with Crippen molar-refractivity contribution in [2.45, 2.75) is 0 Å². The van der Waals surface area contributed by atoms with Crippen molar-refractivity contribution in [3.05, 3.63) is 315 Å². The van der Waals surface area contributed by atoms with Gasteiger partial charge >= 0.3 is 0 Å². The van der Waals surface area contributed by atoms with E-state index in [0.29, 0.717) is 0 Å². The number of nitrogens with zero attached hydrogens (tertiary/aromatic N) is 2. The molecule has 0 atom stereocenters. The monoisotopic (exact) mass is 1010 g/mol. The number of hydrogen-bond acceptors (Lipinski definition) is 3. The zero-order valence-corrected chi connectivity index (χ0v) is 43.3. The van der Waals surface area contributed by atoms with Crippen LogP contribution < -0.4 is 9.80 Å². The third-order valence-corrected chi connectivity index (χ3v) is 15.2. The SMILES string of the molecule is c1ccc(-c2ccccc2-c2cccc(N(c3cccc(-c4cccc(N(c5ccc(-c6ccc7c(c6)oc6cc8ccccc8cc67)cc5)c5ccccc5-c5ccccc5)c4)c3)c3ccccc3-c3ccccc3)c2)cc1. The van der Waals surface area contributed by atoms with Crippen molar-refractivity contribution < 1.29 is 4.42 Å². The minimum absolute atomic E-state index is 0.882. The van der Waals surface area contributed by atoms with Crippen LogP contribution in [0.4, 0.5) is 34.1 Å². The lowest BCUT2D eigenvalue weighted by molar-refractivity contribution is 0.669. The van der Waals surface area contributed by atoms with E-state index in [1.807, 2.05) is 0 Å². The van der Waals surface area contributed by atoms with Crippen LogP contribution in [0.15, 0.2) is 320 Å². The fourth-order valence-corrected chi connectivity index (χ4v) is 11.4. The zero-order chi connectivity index (χ0) is 52.5. The molecule has 0 spiro atoms. The van der Waals surface area contributed by atoms with Gasteiger partial charge in [-0.1, -0.05) is 231 Å². The predicted molar refractivity (Wildman–Crippen MR) is 333 cm³/mol. The summed E-state index contributed by atoms with van der Waals surface area (Å²) in [6, 6.07) is 114. The van der Waals surface area contributed by atoms with Crippen molar-refractivity contribution in [1.29, 1.82) is 0 Å². The third-order valence-electron chi connectivity index (χ3n) is 15.2. The van der Waals surface area contributed by atoms with Gasteiger partial charge in [-0.2, -0.15) is 0 Å². The van der Waals surface area contributed by atoms with Gasteiger partial charge in [0.1, 0.15) is 11.2 Å². The maximum absolute atomic E-state index is 6.52. The molecule has 372 valence electrons. The molecule has 14 aromatic rings. The van der Waals surface area contributed by atoms with E-state index in [-0.39, 0.29) is 0 Å². The molecule has 0 amide bonds. The Labute approximate surface area is 460 Å². The van der Waals surface area contributed by atoms with Crippen molar-refractivity contribution in [2.75, 3.05) is 9.80 Å². The average Bonchev–Trinajstić information content (AvgIpc) is 3.99. The van der Waals surface area contributed by atoms with Crippen LogP contribution in [-0.2, 0) is 0 Å². The number of para-hydroxylation sites is 2. The van der Waals surface area contributed by atoms with E-state index in [1.165, 1.54) is 27.5 Å². The number of benzene rings is 13. The number of fused-ring (bicyclic) bond motifs is 4. The summed E-state index contributed by atoms with van der Waals surface area (Å²) in [5.74, 6) is 0. The van der Waals surface area contributed by atoms with Crippen molar-refractivity contribution in [2.24, 2.45) is 0 Å². The van der Waals surface area contributed by atoms with Crippen LogP contribution in [0.2, 0.25) is 0 Å². The molecule has 0 saturated heterocycles. The van der Waals surface area contributed by atoms with Crippen LogP contribution in [0, 0.1) is 0 Å². The molecule has 3 heteroatoms. The number of rotatable bonds is 12. The van der Waals surface area contributed by atoms with Crippen LogP contribution in [0.25, 0.3) is 99.5 Å². The molecular weight excluding hydrogens is 957 g/mol. The van der Waals surface area contributed by atoms with E-state index in [1.54, 1.807) is 0 Å². The lowest BCUT2D eigenvalue weighted by Gasteiger charge is -2.29. The molecule has 3 nitrogen and oxygen atoms in total. The van der Waals surface area contributed by atoms with Gasteiger partial charge in [-0.3, -0.25) is 0 Å². The van der Waals surface area contributed by atoms with Gasteiger partial charge in [0.15, 0.2) is 0 Å². The second-order valence-electron chi connectivity index (χ2n) is 20.1. The van der Waals surface area contributed by atoms with Gasteiger partial charge in [0.2, 0.25) is 0 Å². The summed E-state index contributed by atoms with van der Waals surface area (Å²) >= 11 is 0. The molecule has 1 heterocycles. The first kappa shape index (κ1) is 47.0. The Morgan fingerprint density at radius 3 is 1.14 bits per heavy atom. The van der Waals surface area contributed by atoms with E-state index in [2.05, 4.69) is 325 Å². The van der Waals surface area contributed by atoms with Gasteiger partial charge in [0, 0.05) is 44.6 Å². The molecule has 0 aliphatic heterocycles. The smallest absolute Gasteiger partial charge is 0.136 e. The highest BCUT2D eigenvalue weighted by atomic mass is 16.3. The fraction of sp³-hybridized carbons (Fsp3) is 0. The molecule has 0 fully saturated rings. The first-order valence-electron chi connectivity index (χ1n) is 27.0. The van der Waals surface area contributed by atoms with Gasteiger partial charge in [0.05, 0.1) is 11.4 Å². The Balaban J connectivity index is 0.872. The number of furan rings is 1. The Morgan fingerprint density at radius 2 is 0.582 bits per heavy atom. The predicted octanol–water partition coefficient (Wildman–Crippen LogP) is 21.7. The van der Waals surface area contributed by atoms with Gasteiger partial charge in [-0.25, -0.2) is 0 Å². The summed E-state index contributed by atoms with van der Waals surface area (Å²) in [6.45, 7) is 0. The van der Waals surface area contributed by atoms with E-state index < -0.39 is 0 Å². The molecule has 13 aromatic carbocycles. The van der Waals surface area contributed by atoms with Crippen molar-refractivity contribution in [1.82, 2.24) is 0 Å². The van der Waals surface area contributed by atoms with E-state index in [9.17, 15) is 0 Å². The van der Waals surface area contributed by atoms with Crippen LogP contribution in [-0.4, -0.2) is 0 Å². The minimum Gasteiger partial charge on any atom is -0.456 e. The fourth-order valence-electron chi connectivity index (χ4n) is 11.4. The number of anilines is 6. The van der Waals surface area contributed by atoms with Gasteiger partial charge in [-0.15, -0.1) is 0 Å². The van der Waals surface area contributed by atoms with Crippen LogP contribution in [0.1, 0.15) is 0 Å². The first-order valence-corrected chi connectivity index (χ1v) is 27.0. The van der Waals surface area contributed by atoms with Crippen LogP contribution in [0.3, 0.4) is 0 Å². The molecular formula is C76H52N2O. The standard InChI is InChI=1S/C76H52N2O/c1-4-21-54(22-5-1)67-35-12-13-36-68(67)62-31-20-34-66(49-62)78(74-40-17-15-38-70(74)56-25-8-3-9-26-56)65-33-19-30-58(48-65)57-29-18-32-64(47-57)77(73-39-16-14-37-69(73)55-23-6-2-7-24-55)63-44-41-53(42-45-63)61-43-46-71-72-50-59-27-10-11-28-60(59)51-76(72)79-75(71)52-61/h1-52H. The molecule has 79 heavy (non-hydrogen) atoms. The van der Waals surface area contributed by atoms with Crippen molar-refractivity contribution in [3.63, 3.8) is 0 Å². The Kier molecular flexibility index (Phi) is 12.2.